The highest BCUT2D eigenvalue weighted by Crippen LogP contribution is 2.32. The second-order valence-electron chi connectivity index (χ2n) is 4.92. The van der Waals surface area contributed by atoms with E-state index in [2.05, 4.69) is 11.1 Å². The van der Waals surface area contributed by atoms with Gasteiger partial charge in [-0.05, 0) is 33.5 Å². The van der Waals surface area contributed by atoms with Crippen molar-refractivity contribution in [2.75, 3.05) is 17.2 Å². The van der Waals surface area contributed by atoms with Gasteiger partial charge in [0.1, 0.15) is 0 Å². The van der Waals surface area contributed by atoms with Crippen LogP contribution in [0.4, 0.5) is 17.3 Å². The Bertz CT molecular complexity index is 679. The summed E-state index contributed by atoms with van der Waals surface area (Å²) in [6.45, 7) is 1.29. The van der Waals surface area contributed by atoms with Crippen LogP contribution < -0.4 is 10.6 Å². The first-order valence-corrected chi connectivity index (χ1v) is 6.35. The van der Waals surface area contributed by atoms with E-state index in [1.165, 1.54) is 11.9 Å². The fraction of sp³-hybridized carbons (Fsp3) is 0.308. The molecule has 20 heavy (non-hydrogen) atoms. The van der Waals surface area contributed by atoms with Gasteiger partial charge in [0.05, 0.1) is 0 Å². The molecule has 0 fully saturated rings. The van der Waals surface area contributed by atoms with Crippen LogP contribution in [0.5, 0.6) is 0 Å². The summed E-state index contributed by atoms with van der Waals surface area (Å²) in [6, 6.07) is 5.86. The summed E-state index contributed by atoms with van der Waals surface area (Å²) in [6.07, 6.45) is 2.29. The smallest absolute Gasteiger partial charge is 0.398 e. The molecule has 0 bridgehead atoms. The van der Waals surface area contributed by atoms with Gasteiger partial charge in [-0.25, -0.2) is 0 Å². The molecule has 0 atom stereocenters. The molecular weight excluding hydrogens is 258 g/mol. The number of rotatable bonds is 2. The van der Waals surface area contributed by atoms with Crippen molar-refractivity contribution >= 4 is 17.3 Å². The topological polar surface area (TPSA) is 90.2 Å². The average Bonchev–Trinajstić information content (AvgIpc) is 2.81. The third-order valence-corrected chi connectivity index (χ3v) is 3.67. The van der Waals surface area contributed by atoms with Gasteiger partial charge in [0.15, 0.2) is 0 Å². The van der Waals surface area contributed by atoms with Crippen LogP contribution >= 0.6 is 0 Å². The molecular formula is C13H15N5O2. The normalized spacial score (nSPS) is 14.2. The monoisotopic (exact) mass is 273 g/mol. The van der Waals surface area contributed by atoms with Crippen LogP contribution in [0.1, 0.15) is 11.1 Å². The maximum atomic E-state index is 11.1. The second kappa shape index (κ2) is 4.52. The van der Waals surface area contributed by atoms with Crippen LogP contribution in [-0.2, 0) is 20.0 Å². The maximum Gasteiger partial charge on any atom is 0.406 e. The van der Waals surface area contributed by atoms with Crippen LogP contribution in [0.15, 0.2) is 24.5 Å². The number of aryl methyl sites for hydroxylation is 1. The summed E-state index contributed by atoms with van der Waals surface area (Å²) in [5, 5.41) is 11.1. The van der Waals surface area contributed by atoms with E-state index in [0.29, 0.717) is 12.4 Å². The number of fused-ring (bicyclic) bond motifs is 1. The zero-order valence-electron chi connectivity index (χ0n) is 11.1. The van der Waals surface area contributed by atoms with E-state index < -0.39 is 4.92 Å². The highest BCUT2D eigenvalue weighted by atomic mass is 16.6. The number of aromatic nitrogens is 2. The Hall–Kier alpha value is -2.57. The Kier molecular flexibility index (Phi) is 2.81. The standard InChI is InChI=1S/C13H15N5O2/c1-16-8-15-12(18(19)20)13(16)17-6-5-9-3-2-4-11(14)10(9)7-17/h2-4,8H,5-7,14H2,1H3. The molecule has 3 rings (SSSR count). The molecule has 0 radical (unpaired) electrons. The third-order valence-electron chi connectivity index (χ3n) is 3.67. The van der Waals surface area contributed by atoms with Gasteiger partial charge in [-0.2, -0.15) is 0 Å². The van der Waals surface area contributed by atoms with Crippen molar-refractivity contribution in [3.8, 4) is 0 Å². The molecule has 7 heteroatoms. The van der Waals surface area contributed by atoms with Gasteiger partial charge in [0.2, 0.25) is 12.1 Å². The number of hydrogen-bond acceptors (Lipinski definition) is 5. The summed E-state index contributed by atoms with van der Waals surface area (Å²) < 4.78 is 1.68. The van der Waals surface area contributed by atoms with E-state index in [-0.39, 0.29) is 5.82 Å². The minimum absolute atomic E-state index is 0.106. The molecule has 1 aliphatic heterocycles. The number of nitrogens with zero attached hydrogens (tertiary/aromatic N) is 4. The maximum absolute atomic E-state index is 11.1. The molecule has 7 nitrogen and oxygen atoms in total. The lowest BCUT2D eigenvalue weighted by Crippen LogP contribution is -2.32. The molecule has 0 saturated heterocycles. The summed E-state index contributed by atoms with van der Waals surface area (Å²) in [5.74, 6) is 0.425. The second-order valence-corrected chi connectivity index (χ2v) is 4.92. The van der Waals surface area contributed by atoms with E-state index >= 15 is 0 Å². The number of nitro groups is 1. The first-order chi connectivity index (χ1) is 9.58. The van der Waals surface area contributed by atoms with E-state index in [9.17, 15) is 10.1 Å². The van der Waals surface area contributed by atoms with Gasteiger partial charge in [0, 0.05) is 25.8 Å². The summed E-state index contributed by atoms with van der Waals surface area (Å²) in [7, 11) is 1.76. The highest BCUT2D eigenvalue weighted by Gasteiger charge is 2.28. The number of anilines is 2. The fourth-order valence-corrected chi connectivity index (χ4v) is 2.69. The predicted octanol–water partition coefficient (Wildman–Crippen LogP) is 1.47. The predicted molar refractivity (Wildman–Crippen MR) is 75.5 cm³/mol. The largest absolute Gasteiger partial charge is 0.406 e. The van der Waals surface area contributed by atoms with Gasteiger partial charge in [-0.15, -0.1) is 0 Å². The minimum Gasteiger partial charge on any atom is -0.398 e. The molecule has 0 amide bonds. The van der Waals surface area contributed by atoms with E-state index in [0.717, 1.165) is 24.2 Å². The third kappa shape index (κ3) is 1.87. The van der Waals surface area contributed by atoms with Crippen molar-refractivity contribution in [2.24, 2.45) is 7.05 Å². The van der Waals surface area contributed by atoms with Gasteiger partial charge in [-0.1, -0.05) is 12.1 Å². The van der Waals surface area contributed by atoms with Crippen molar-refractivity contribution in [3.05, 3.63) is 45.8 Å². The van der Waals surface area contributed by atoms with Crippen molar-refractivity contribution in [3.63, 3.8) is 0 Å². The lowest BCUT2D eigenvalue weighted by atomic mass is 9.98. The minimum atomic E-state index is -0.445. The molecule has 1 aromatic heterocycles. The summed E-state index contributed by atoms with van der Waals surface area (Å²) in [4.78, 5) is 16.4. The van der Waals surface area contributed by atoms with Gasteiger partial charge >= 0.3 is 5.82 Å². The van der Waals surface area contributed by atoms with Crippen molar-refractivity contribution < 1.29 is 4.92 Å². The average molecular weight is 273 g/mol. The zero-order valence-corrected chi connectivity index (χ0v) is 11.1. The Balaban J connectivity index is 2.00. The van der Waals surface area contributed by atoms with Crippen molar-refractivity contribution in [2.45, 2.75) is 13.0 Å². The van der Waals surface area contributed by atoms with E-state index in [1.54, 1.807) is 11.6 Å². The van der Waals surface area contributed by atoms with Crippen LogP contribution in [-0.4, -0.2) is 21.0 Å². The summed E-state index contributed by atoms with van der Waals surface area (Å²) in [5.41, 5.74) is 9.01. The van der Waals surface area contributed by atoms with Crippen molar-refractivity contribution in [1.29, 1.82) is 0 Å². The van der Waals surface area contributed by atoms with Crippen LogP contribution in [0.3, 0.4) is 0 Å². The highest BCUT2D eigenvalue weighted by molar-refractivity contribution is 5.60. The molecule has 104 valence electrons. The molecule has 2 aromatic rings. The molecule has 1 aromatic carbocycles. The molecule has 2 heterocycles. The van der Waals surface area contributed by atoms with Crippen LogP contribution in [0.2, 0.25) is 0 Å². The van der Waals surface area contributed by atoms with Crippen molar-refractivity contribution in [1.82, 2.24) is 9.55 Å². The first kappa shape index (κ1) is 12.5. The van der Waals surface area contributed by atoms with E-state index in [4.69, 9.17) is 5.73 Å². The Morgan fingerprint density at radius 2 is 2.25 bits per heavy atom. The lowest BCUT2D eigenvalue weighted by molar-refractivity contribution is -0.388. The number of benzene rings is 1. The number of nitrogen functional groups attached to an aromatic ring is 1. The quantitative estimate of drug-likeness (QED) is 0.508. The molecule has 2 N–H and O–H groups in total. The molecule has 1 aliphatic rings. The number of imidazole rings is 1. The Labute approximate surface area is 115 Å². The number of nitrogens with two attached hydrogens (primary N) is 1. The lowest BCUT2D eigenvalue weighted by Gasteiger charge is -2.30. The Morgan fingerprint density at radius 1 is 1.45 bits per heavy atom. The van der Waals surface area contributed by atoms with Gasteiger partial charge in [0.25, 0.3) is 0 Å². The Morgan fingerprint density at radius 3 is 3.00 bits per heavy atom. The van der Waals surface area contributed by atoms with Crippen LogP contribution in [0.25, 0.3) is 0 Å². The van der Waals surface area contributed by atoms with E-state index in [1.807, 2.05) is 17.0 Å². The van der Waals surface area contributed by atoms with Gasteiger partial charge < -0.3 is 20.7 Å². The molecule has 0 spiro atoms. The molecule has 0 unspecified atom stereocenters. The SMILES string of the molecule is Cn1cnc([N+](=O)[O-])c1N1CCc2cccc(N)c2C1. The fourth-order valence-electron chi connectivity index (χ4n) is 2.69. The van der Waals surface area contributed by atoms with Crippen LogP contribution in [0, 0.1) is 10.1 Å². The number of hydrogen-bond donors (Lipinski definition) is 1. The molecule has 0 aliphatic carbocycles. The molecule has 0 saturated carbocycles. The zero-order chi connectivity index (χ0) is 14.3. The van der Waals surface area contributed by atoms with Gasteiger partial charge in [-0.3, -0.25) is 4.57 Å². The first-order valence-electron chi connectivity index (χ1n) is 6.35. The summed E-state index contributed by atoms with van der Waals surface area (Å²) >= 11 is 0.